The third-order valence-corrected chi connectivity index (χ3v) is 8.84. The van der Waals surface area contributed by atoms with E-state index in [1.165, 1.54) is 11.8 Å². The lowest BCUT2D eigenvalue weighted by Crippen LogP contribution is -2.49. The molecule has 2 aromatic carbocycles. The van der Waals surface area contributed by atoms with Crippen molar-refractivity contribution in [1.29, 1.82) is 5.26 Å². The van der Waals surface area contributed by atoms with Gasteiger partial charge in [0.2, 0.25) is 5.91 Å². The number of rotatable bonds is 10. The first-order valence-electron chi connectivity index (χ1n) is 11.2. The van der Waals surface area contributed by atoms with E-state index in [1.54, 1.807) is 30.0 Å². The van der Waals surface area contributed by atoms with Crippen molar-refractivity contribution in [2.75, 3.05) is 5.75 Å². The topological polar surface area (TPSA) is 96.5 Å². The van der Waals surface area contributed by atoms with Crippen LogP contribution in [0.4, 0.5) is 0 Å². The van der Waals surface area contributed by atoms with Gasteiger partial charge in [-0.2, -0.15) is 5.26 Å². The van der Waals surface area contributed by atoms with Crippen molar-refractivity contribution >= 4 is 51.0 Å². The molecule has 1 amide bonds. The largest absolute Gasteiger partial charge is 0.337 e. The summed E-state index contributed by atoms with van der Waals surface area (Å²) in [6, 6.07) is 20.4. The highest BCUT2D eigenvalue weighted by Crippen LogP contribution is 2.32. The maximum atomic E-state index is 12.6. The minimum Gasteiger partial charge on any atom is -0.337 e. The van der Waals surface area contributed by atoms with Gasteiger partial charge < -0.3 is 9.88 Å². The average molecular weight is 523 g/mol. The zero-order chi connectivity index (χ0) is 24.8. The number of amides is 1. The zero-order valence-electron chi connectivity index (χ0n) is 19.8. The third-order valence-electron chi connectivity index (χ3n) is 5.69. The quantitative estimate of drug-likeness (QED) is 0.280. The smallest absolute Gasteiger partial charge is 0.231 e. The van der Waals surface area contributed by atoms with E-state index in [0.717, 1.165) is 25.9 Å². The number of thiazole rings is 1. The molecule has 1 atom stereocenters. The first kappa shape index (κ1) is 25.2. The second kappa shape index (κ2) is 11.2. The Bertz CT molecular complexity index is 1310. The van der Waals surface area contributed by atoms with E-state index in [9.17, 15) is 10.1 Å². The Morgan fingerprint density at radius 2 is 1.89 bits per heavy atom. The molecule has 0 aliphatic carbocycles. The standard InChI is InChI=1S/C25H26N6OS3/c1-17(2)25(3,16-26)28-22(32)15-33-23-30-29-21(31(23)13-18-9-5-4-6-10-18)14-34-24-27-19-11-7-8-12-20(19)35-24/h4-12,17H,13-15H2,1-3H3,(H,28,32)/t25-/m1/s1. The van der Waals surface area contributed by atoms with Gasteiger partial charge in [-0.15, -0.1) is 21.5 Å². The summed E-state index contributed by atoms with van der Waals surface area (Å²) in [6.45, 7) is 6.19. The summed E-state index contributed by atoms with van der Waals surface area (Å²) in [5, 5.41) is 21.9. The highest BCUT2D eigenvalue weighted by atomic mass is 32.2. The number of thioether (sulfide) groups is 2. The summed E-state index contributed by atoms with van der Waals surface area (Å²) >= 11 is 4.63. The van der Waals surface area contributed by atoms with E-state index in [4.69, 9.17) is 4.98 Å². The zero-order valence-corrected chi connectivity index (χ0v) is 22.2. The highest BCUT2D eigenvalue weighted by molar-refractivity contribution is 8.00. The van der Waals surface area contributed by atoms with Gasteiger partial charge in [0.15, 0.2) is 9.50 Å². The minimum atomic E-state index is -0.908. The van der Waals surface area contributed by atoms with Crippen LogP contribution in [0, 0.1) is 17.2 Å². The molecule has 35 heavy (non-hydrogen) atoms. The summed E-state index contributed by atoms with van der Waals surface area (Å²) in [6.07, 6.45) is 0. The van der Waals surface area contributed by atoms with Crippen LogP contribution < -0.4 is 5.32 Å². The Kier molecular flexibility index (Phi) is 8.11. The van der Waals surface area contributed by atoms with E-state index < -0.39 is 5.54 Å². The number of para-hydroxylation sites is 1. The third kappa shape index (κ3) is 6.23. The van der Waals surface area contributed by atoms with Crippen molar-refractivity contribution in [3.63, 3.8) is 0 Å². The van der Waals surface area contributed by atoms with Gasteiger partial charge in [-0.3, -0.25) is 4.79 Å². The normalized spacial score (nSPS) is 13.0. The summed E-state index contributed by atoms with van der Waals surface area (Å²) < 4.78 is 4.20. The number of nitrogens with one attached hydrogen (secondary N) is 1. The van der Waals surface area contributed by atoms with Gasteiger partial charge in [0.1, 0.15) is 11.4 Å². The molecule has 0 unspecified atom stereocenters. The molecule has 4 aromatic rings. The lowest BCUT2D eigenvalue weighted by Gasteiger charge is -2.27. The second-order valence-electron chi connectivity index (χ2n) is 8.51. The summed E-state index contributed by atoms with van der Waals surface area (Å²) in [4.78, 5) is 17.3. The Morgan fingerprint density at radius 3 is 2.60 bits per heavy atom. The molecule has 0 fully saturated rings. The van der Waals surface area contributed by atoms with Crippen molar-refractivity contribution in [3.05, 3.63) is 66.0 Å². The fourth-order valence-electron chi connectivity index (χ4n) is 3.25. The van der Waals surface area contributed by atoms with Gasteiger partial charge in [-0.25, -0.2) is 4.98 Å². The van der Waals surface area contributed by atoms with E-state index in [1.807, 2.05) is 50.2 Å². The van der Waals surface area contributed by atoms with Crippen molar-refractivity contribution in [1.82, 2.24) is 25.1 Å². The van der Waals surface area contributed by atoms with Crippen LogP contribution in [0.5, 0.6) is 0 Å². The summed E-state index contributed by atoms with van der Waals surface area (Å²) in [5.74, 6) is 1.39. The molecule has 0 spiro atoms. The van der Waals surface area contributed by atoms with Gasteiger partial charge in [-0.05, 0) is 30.5 Å². The Labute approximate surface area is 217 Å². The maximum Gasteiger partial charge on any atom is 0.231 e. The van der Waals surface area contributed by atoms with E-state index in [-0.39, 0.29) is 17.6 Å². The molecule has 0 radical (unpaired) electrons. The van der Waals surface area contributed by atoms with Crippen LogP contribution in [-0.4, -0.2) is 36.9 Å². The Morgan fingerprint density at radius 1 is 1.14 bits per heavy atom. The molecule has 180 valence electrons. The maximum absolute atomic E-state index is 12.6. The molecule has 0 aliphatic rings. The molecule has 0 aliphatic heterocycles. The first-order chi connectivity index (χ1) is 16.9. The average Bonchev–Trinajstić information content (AvgIpc) is 3.45. The monoisotopic (exact) mass is 522 g/mol. The Balaban J connectivity index is 1.49. The second-order valence-corrected chi connectivity index (χ2v) is 11.7. The van der Waals surface area contributed by atoms with Crippen molar-refractivity contribution < 1.29 is 4.79 Å². The molecule has 2 aromatic heterocycles. The number of nitrogens with zero attached hydrogens (tertiary/aromatic N) is 5. The molecule has 0 bridgehead atoms. The van der Waals surface area contributed by atoms with Crippen molar-refractivity contribution in [2.24, 2.45) is 5.92 Å². The minimum absolute atomic E-state index is 0.00526. The molecule has 10 heteroatoms. The number of hydrogen-bond donors (Lipinski definition) is 1. The number of fused-ring (bicyclic) bond motifs is 1. The van der Waals surface area contributed by atoms with Gasteiger partial charge in [0.25, 0.3) is 0 Å². The van der Waals surface area contributed by atoms with Crippen LogP contribution in [0.3, 0.4) is 0 Å². The highest BCUT2D eigenvalue weighted by Gasteiger charge is 2.30. The molecule has 7 nitrogen and oxygen atoms in total. The molecule has 0 saturated heterocycles. The van der Waals surface area contributed by atoms with Gasteiger partial charge >= 0.3 is 0 Å². The van der Waals surface area contributed by atoms with E-state index in [0.29, 0.717) is 17.5 Å². The molecule has 2 heterocycles. The SMILES string of the molecule is CC(C)[C@@](C)(C#N)NC(=O)CSc1nnc(CSc2nc3ccccc3s2)n1Cc1ccccc1. The van der Waals surface area contributed by atoms with Crippen LogP contribution >= 0.6 is 34.9 Å². The number of aromatic nitrogens is 4. The van der Waals surface area contributed by atoms with Gasteiger partial charge in [0.05, 0.1) is 34.3 Å². The predicted molar refractivity (Wildman–Crippen MR) is 142 cm³/mol. The number of hydrogen-bond acceptors (Lipinski definition) is 8. The fraction of sp³-hybridized carbons (Fsp3) is 0.320. The van der Waals surface area contributed by atoms with E-state index >= 15 is 0 Å². The summed E-state index contributed by atoms with van der Waals surface area (Å²) in [7, 11) is 0. The van der Waals surface area contributed by atoms with Crippen LogP contribution in [0.25, 0.3) is 10.2 Å². The fourth-order valence-corrected chi connectivity index (χ4v) is 6.02. The lowest BCUT2D eigenvalue weighted by atomic mass is 9.90. The molecule has 4 rings (SSSR count). The summed E-state index contributed by atoms with van der Waals surface area (Å²) in [5.41, 5.74) is 1.22. The van der Waals surface area contributed by atoms with Crippen molar-refractivity contribution in [2.45, 2.75) is 48.1 Å². The van der Waals surface area contributed by atoms with Crippen LogP contribution in [-0.2, 0) is 17.1 Å². The van der Waals surface area contributed by atoms with E-state index in [2.05, 4.69) is 44.3 Å². The predicted octanol–water partition coefficient (Wildman–Crippen LogP) is 5.37. The van der Waals surface area contributed by atoms with Crippen LogP contribution in [0.1, 0.15) is 32.2 Å². The van der Waals surface area contributed by atoms with Crippen LogP contribution in [0.2, 0.25) is 0 Å². The van der Waals surface area contributed by atoms with Crippen molar-refractivity contribution in [3.8, 4) is 6.07 Å². The lowest BCUT2D eigenvalue weighted by molar-refractivity contribution is -0.120. The first-order valence-corrected chi connectivity index (χ1v) is 14.0. The number of carbonyl (C=O) groups is 1. The molecule has 1 N–H and O–H groups in total. The Hall–Kier alpha value is -2.87. The number of benzene rings is 2. The van der Waals surface area contributed by atoms with Gasteiger partial charge in [0, 0.05) is 0 Å². The van der Waals surface area contributed by atoms with Gasteiger partial charge in [-0.1, -0.05) is 79.8 Å². The molecular formula is C25H26N6OS3. The molecular weight excluding hydrogens is 497 g/mol. The molecule has 0 saturated carbocycles. The van der Waals surface area contributed by atoms with Crippen LogP contribution in [0.15, 0.2) is 64.1 Å². The number of nitriles is 1. The number of carbonyl (C=O) groups excluding carboxylic acids is 1.